The Morgan fingerprint density at radius 2 is 1.61 bits per heavy atom. The van der Waals surface area contributed by atoms with E-state index in [9.17, 15) is 27.2 Å². The van der Waals surface area contributed by atoms with Gasteiger partial charge in [0.1, 0.15) is 16.5 Å². The summed E-state index contributed by atoms with van der Waals surface area (Å²) in [5, 5.41) is 9.74. The zero-order valence-electron chi connectivity index (χ0n) is 18.0. The summed E-state index contributed by atoms with van der Waals surface area (Å²) in [6.07, 6.45) is 0. The molecule has 9 nitrogen and oxygen atoms in total. The topological polar surface area (TPSA) is 139 Å². The Morgan fingerprint density at radius 3 is 2.25 bits per heavy atom. The van der Waals surface area contributed by atoms with Gasteiger partial charge in [-0.1, -0.05) is 29.3 Å². The van der Waals surface area contributed by atoms with E-state index in [4.69, 9.17) is 28.3 Å². The molecule has 184 valence electrons. The van der Waals surface area contributed by atoms with Gasteiger partial charge in [0.25, 0.3) is 17.7 Å². The number of nitrogens with two attached hydrogens (primary N) is 1. The summed E-state index contributed by atoms with van der Waals surface area (Å²) >= 11 is 11.9. The summed E-state index contributed by atoms with van der Waals surface area (Å²) < 4.78 is 36.2. The summed E-state index contributed by atoms with van der Waals surface area (Å²) in [5.41, 5.74) is 0.583. The molecule has 0 saturated heterocycles. The van der Waals surface area contributed by atoms with Crippen LogP contribution in [-0.2, 0) is 19.6 Å². The number of carbonyl (C=O) groups excluding carboxylic acids is 3. The van der Waals surface area contributed by atoms with Crippen LogP contribution in [0.1, 0.15) is 10.4 Å². The summed E-state index contributed by atoms with van der Waals surface area (Å²) in [5.74, 6) is -2.87. The van der Waals surface area contributed by atoms with E-state index < -0.39 is 38.6 Å². The Labute approximate surface area is 214 Å². The fourth-order valence-electron chi connectivity index (χ4n) is 3.28. The summed E-state index contributed by atoms with van der Waals surface area (Å²) in [6, 6.07) is 14.6. The van der Waals surface area contributed by atoms with Crippen LogP contribution in [0, 0.1) is 5.82 Å². The summed E-state index contributed by atoms with van der Waals surface area (Å²) in [6.45, 7) is 0. The highest BCUT2D eigenvalue weighted by Gasteiger charge is 2.39. The third-order valence-corrected chi connectivity index (χ3v) is 6.59. The van der Waals surface area contributed by atoms with E-state index >= 15 is 0 Å². The third-order valence-electron chi connectivity index (χ3n) is 5.02. The van der Waals surface area contributed by atoms with Crippen molar-refractivity contribution in [1.29, 1.82) is 0 Å². The van der Waals surface area contributed by atoms with E-state index in [0.29, 0.717) is 5.69 Å². The van der Waals surface area contributed by atoms with Crippen LogP contribution in [0.3, 0.4) is 0 Å². The van der Waals surface area contributed by atoms with Crippen LogP contribution in [0.5, 0.6) is 0 Å². The largest absolute Gasteiger partial charge is 0.350 e. The molecule has 0 unspecified atom stereocenters. The van der Waals surface area contributed by atoms with Crippen molar-refractivity contribution in [3.8, 4) is 0 Å². The first kappa shape index (κ1) is 25.3. The molecular weight excluding hydrogens is 534 g/mol. The molecule has 4 rings (SSSR count). The smallest absolute Gasteiger partial charge is 0.283 e. The van der Waals surface area contributed by atoms with Gasteiger partial charge in [0.15, 0.2) is 0 Å². The van der Waals surface area contributed by atoms with Crippen LogP contribution in [0.2, 0.25) is 5.02 Å². The summed E-state index contributed by atoms with van der Waals surface area (Å²) in [7, 11) is -3.87. The van der Waals surface area contributed by atoms with Crippen molar-refractivity contribution in [2.45, 2.75) is 4.90 Å². The molecule has 4 N–H and O–H groups in total. The van der Waals surface area contributed by atoms with Gasteiger partial charge in [0.2, 0.25) is 10.0 Å². The van der Waals surface area contributed by atoms with Gasteiger partial charge in [-0.15, -0.1) is 0 Å². The van der Waals surface area contributed by atoms with E-state index in [1.54, 1.807) is 6.07 Å². The minimum absolute atomic E-state index is 0.0351. The lowest BCUT2D eigenvalue weighted by atomic mass is 10.1. The maximum atomic E-state index is 13.5. The van der Waals surface area contributed by atoms with Gasteiger partial charge in [-0.2, -0.15) is 0 Å². The van der Waals surface area contributed by atoms with Crippen molar-refractivity contribution < 1.29 is 27.2 Å². The molecule has 36 heavy (non-hydrogen) atoms. The van der Waals surface area contributed by atoms with Crippen LogP contribution >= 0.6 is 23.2 Å². The average Bonchev–Trinajstić information content (AvgIpc) is 3.04. The Hall–Kier alpha value is -3.77. The molecule has 0 spiro atoms. The molecule has 3 aromatic carbocycles. The van der Waals surface area contributed by atoms with Crippen molar-refractivity contribution in [1.82, 2.24) is 0 Å². The Morgan fingerprint density at radius 1 is 0.917 bits per heavy atom. The molecule has 0 aromatic heterocycles. The summed E-state index contributed by atoms with van der Waals surface area (Å²) in [4.78, 5) is 38.8. The standard InChI is InChI=1S/C23H15Cl2FN4O5S/c24-17-11-15(6-9-18(17)26)30-22(32)19(25)20(23(30)33)28-14-3-1-2-12(10-14)21(31)29-13-4-7-16(8-5-13)36(27,34)35/h1-11,28H,(H,29,31)(H2,27,34,35). The maximum absolute atomic E-state index is 13.5. The molecule has 3 amide bonds. The lowest BCUT2D eigenvalue weighted by molar-refractivity contribution is -0.120. The molecule has 0 radical (unpaired) electrons. The van der Waals surface area contributed by atoms with Crippen molar-refractivity contribution in [3.05, 3.63) is 93.9 Å². The molecule has 1 heterocycles. The van der Waals surface area contributed by atoms with Crippen molar-refractivity contribution in [2.24, 2.45) is 5.14 Å². The first-order valence-corrected chi connectivity index (χ1v) is 12.3. The molecule has 13 heteroatoms. The third kappa shape index (κ3) is 5.09. The number of halogens is 3. The number of anilines is 3. The number of nitrogens with zero attached hydrogens (tertiary/aromatic N) is 1. The number of amides is 3. The molecule has 0 atom stereocenters. The molecule has 0 fully saturated rings. The molecule has 1 aliphatic rings. The fraction of sp³-hybridized carbons (Fsp3) is 0. The second-order valence-electron chi connectivity index (χ2n) is 7.46. The van der Waals surface area contributed by atoms with Crippen LogP contribution in [0.15, 0.2) is 82.4 Å². The van der Waals surface area contributed by atoms with Crippen molar-refractivity contribution >= 4 is 68.0 Å². The van der Waals surface area contributed by atoms with Gasteiger partial charge in [0.05, 0.1) is 15.6 Å². The minimum atomic E-state index is -3.87. The van der Waals surface area contributed by atoms with E-state index in [-0.39, 0.29) is 32.6 Å². The lowest BCUT2D eigenvalue weighted by Gasteiger charge is -2.15. The lowest BCUT2D eigenvalue weighted by Crippen LogP contribution is -2.32. The van der Waals surface area contributed by atoms with Crippen LogP contribution in [0.4, 0.5) is 21.5 Å². The van der Waals surface area contributed by atoms with Crippen molar-refractivity contribution in [2.75, 3.05) is 15.5 Å². The highest BCUT2D eigenvalue weighted by molar-refractivity contribution is 7.89. The first-order valence-electron chi connectivity index (χ1n) is 10.0. The van der Waals surface area contributed by atoms with Gasteiger partial charge in [-0.05, 0) is 60.7 Å². The van der Waals surface area contributed by atoms with Gasteiger partial charge in [-0.25, -0.2) is 22.8 Å². The number of hydrogen-bond acceptors (Lipinski definition) is 6. The number of sulfonamides is 1. The highest BCUT2D eigenvalue weighted by Crippen LogP contribution is 2.32. The average molecular weight is 549 g/mol. The number of carbonyl (C=O) groups is 3. The first-order chi connectivity index (χ1) is 17.0. The van der Waals surface area contributed by atoms with Crippen LogP contribution in [-0.4, -0.2) is 26.1 Å². The van der Waals surface area contributed by atoms with E-state index in [0.717, 1.165) is 17.0 Å². The van der Waals surface area contributed by atoms with Gasteiger partial charge in [0, 0.05) is 16.9 Å². The van der Waals surface area contributed by atoms with Gasteiger partial charge < -0.3 is 10.6 Å². The van der Waals surface area contributed by atoms with Gasteiger partial charge >= 0.3 is 0 Å². The highest BCUT2D eigenvalue weighted by atomic mass is 35.5. The van der Waals surface area contributed by atoms with Gasteiger partial charge in [-0.3, -0.25) is 14.4 Å². The number of benzene rings is 3. The van der Waals surface area contributed by atoms with Crippen molar-refractivity contribution in [3.63, 3.8) is 0 Å². The number of imide groups is 1. The molecule has 0 aliphatic carbocycles. The monoisotopic (exact) mass is 548 g/mol. The van der Waals surface area contributed by atoms with E-state index in [2.05, 4.69) is 10.6 Å². The number of primary sulfonamides is 1. The van der Waals surface area contributed by atoms with E-state index in [1.165, 1.54) is 48.5 Å². The predicted molar refractivity (Wildman–Crippen MR) is 133 cm³/mol. The molecule has 0 bridgehead atoms. The molecule has 0 saturated carbocycles. The predicted octanol–water partition coefficient (Wildman–Crippen LogP) is 3.81. The number of rotatable bonds is 6. The maximum Gasteiger partial charge on any atom is 0.283 e. The minimum Gasteiger partial charge on any atom is -0.350 e. The fourth-order valence-corrected chi connectivity index (χ4v) is 4.19. The normalized spacial score (nSPS) is 13.8. The Balaban J connectivity index is 1.52. The molecule has 3 aromatic rings. The molecule has 1 aliphatic heterocycles. The SMILES string of the molecule is NS(=O)(=O)c1ccc(NC(=O)c2cccc(NC3=C(Cl)C(=O)N(c4ccc(F)c(Cl)c4)C3=O)c2)cc1. The Bertz CT molecular complexity index is 1560. The van der Waals surface area contributed by atoms with E-state index in [1.807, 2.05) is 0 Å². The zero-order chi connectivity index (χ0) is 26.2. The second kappa shape index (κ2) is 9.70. The number of nitrogens with one attached hydrogen (secondary N) is 2. The molecular formula is C23H15Cl2FN4O5S. The zero-order valence-corrected chi connectivity index (χ0v) is 20.3. The number of hydrogen-bond donors (Lipinski definition) is 3. The van der Waals surface area contributed by atoms with Crippen LogP contribution < -0.4 is 20.7 Å². The quantitative estimate of drug-likeness (QED) is 0.400. The van der Waals surface area contributed by atoms with Crippen LogP contribution in [0.25, 0.3) is 0 Å². The second-order valence-corrected chi connectivity index (χ2v) is 9.81. The Kier molecular flexibility index (Phi) is 6.83.